The molecule has 0 aliphatic rings. The van der Waals surface area contributed by atoms with Gasteiger partial charge in [-0.05, 0) is 51.8 Å². The number of alkyl carbamates (subject to hydrolysis) is 1. The van der Waals surface area contributed by atoms with Gasteiger partial charge in [0.2, 0.25) is 0 Å². The van der Waals surface area contributed by atoms with E-state index in [2.05, 4.69) is 21.2 Å². The number of hydrogen-bond donors (Lipinski definition) is 2. The van der Waals surface area contributed by atoms with Gasteiger partial charge < -0.3 is 19.9 Å². The minimum atomic E-state index is -1.36. The SMILES string of the molecule is CCOC(=O)C(O)CC(Cc1ccc(Br)cc1Cl)NC(=O)OC(C)(C)C. The second kappa shape index (κ2) is 10.1. The molecule has 6 nitrogen and oxygen atoms in total. The molecule has 0 heterocycles. The molecule has 1 aromatic carbocycles. The van der Waals surface area contributed by atoms with E-state index < -0.39 is 29.8 Å². The lowest BCUT2D eigenvalue weighted by molar-refractivity contribution is -0.153. The second-order valence-corrected chi connectivity index (χ2v) is 8.11. The average Bonchev–Trinajstić information content (AvgIpc) is 2.48. The molecule has 0 saturated carbocycles. The van der Waals surface area contributed by atoms with Crippen molar-refractivity contribution in [2.45, 2.75) is 58.3 Å². The summed E-state index contributed by atoms with van der Waals surface area (Å²) in [6.45, 7) is 7.07. The number of hydrogen-bond acceptors (Lipinski definition) is 5. The molecule has 146 valence electrons. The lowest BCUT2D eigenvalue weighted by Gasteiger charge is -2.25. The number of benzene rings is 1. The molecule has 2 unspecified atom stereocenters. The number of esters is 1. The lowest BCUT2D eigenvalue weighted by Crippen LogP contribution is -2.43. The number of rotatable bonds is 7. The Bertz CT molecular complexity index is 632. The van der Waals surface area contributed by atoms with Gasteiger partial charge in [0, 0.05) is 22.0 Å². The molecule has 0 bridgehead atoms. The number of aliphatic hydroxyl groups is 1. The first kappa shape index (κ1) is 22.7. The van der Waals surface area contributed by atoms with E-state index in [4.69, 9.17) is 21.1 Å². The molecule has 1 aromatic rings. The van der Waals surface area contributed by atoms with Gasteiger partial charge in [-0.3, -0.25) is 0 Å². The molecule has 0 saturated heterocycles. The fourth-order valence-corrected chi connectivity index (χ4v) is 2.97. The molecule has 0 radical (unpaired) electrons. The zero-order chi connectivity index (χ0) is 19.9. The first-order valence-corrected chi connectivity index (χ1v) is 9.47. The first-order valence-electron chi connectivity index (χ1n) is 8.30. The summed E-state index contributed by atoms with van der Waals surface area (Å²) < 4.78 is 10.9. The summed E-state index contributed by atoms with van der Waals surface area (Å²) in [4.78, 5) is 23.8. The summed E-state index contributed by atoms with van der Waals surface area (Å²) in [6, 6.07) is 4.81. The quantitative estimate of drug-likeness (QED) is 0.616. The highest BCUT2D eigenvalue weighted by molar-refractivity contribution is 9.10. The summed E-state index contributed by atoms with van der Waals surface area (Å²) >= 11 is 9.57. The molecular formula is C18H25BrClNO5. The van der Waals surface area contributed by atoms with Crippen molar-refractivity contribution in [2.24, 2.45) is 0 Å². The molecule has 0 aliphatic heterocycles. The Kier molecular flexibility index (Phi) is 8.86. The maximum absolute atomic E-state index is 12.1. The predicted molar refractivity (Wildman–Crippen MR) is 103 cm³/mol. The molecule has 1 rings (SSSR count). The summed E-state index contributed by atoms with van der Waals surface area (Å²) in [5.74, 6) is -0.731. The van der Waals surface area contributed by atoms with Gasteiger partial charge in [-0.1, -0.05) is 33.6 Å². The van der Waals surface area contributed by atoms with E-state index in [9.17, 15) is 14.7 Å². The molecule has 0 aromatic heterocycles. The zero-order valence-corrected chi connectivity index (χ0v) is 17.7. The molecule has 0 fully saturated rings. The third-order valence-electron chi connectivity index (χ3n) is 3.27. The molecule has 8 heteroatoms. The number of halogens is 2. The number of carbonyl (C=O) groups excluding carboxylic acids is 2. The van der Waals surface area contributed by atoms with Crippen LogP contribution in [-0.2, 0) is 20.7 Å². The summed E-state index contributed by atoms with van der Waals surface area (Å²) in [6.07, 6.45) is -1.69. The standard InChI is InChI=1S/C18H25BrClNO5/c1-5-25-16(23)15(22)10-13(21-17(24)26-18(2,3)4)8-11-6-7-12(19)9-14(11)20/h6-7,9,13,15,22H,5,8,10H2,1-4H3,(H,21,24). The van der Waals surface area contributed by atoms with Crippen LogP contribution >= 0.6 is 27.5 Å². The van der Waals surface area contributed by atoms with Gasteiger partial charge in [-0.25, -0.2) is 9.59 Å². The van der Waals surface area contributed by atoms with Gasteiger partial charge in [0.25, 0.3) is 0 Å². The van der Waals surface area contributed by atoms with Crippen LogP contribution in [0.15, 0.2) is 22.7 Å². The Morgan fingerprint density at radius 3 is 2.54 bits per heavy atom. The van der Waals surface area contributed by atoms with Crippen LogP contribution in [0.25, 0.3) is 0 Å². The molecule has 26 heavy (non-hydrogen) atoms. The summed E-state index contributed by atoms with van der Waals surface area (Å²) in [5.41, 5.74) is 0.107. The Balaban J connectivity index is 2.89. The van der Waals surface area contributed by atoms with E-state index in [-0.39, 0.29) is 13.0 Å². The van der Waals surface area contributed by atoms with Crippen molar-refractivity contribution in [1.29, 1.82) is 0 Å². The lowest BCUT2D eigenvalue weighted by atomic mass is 10.0. The van der Waals surface area contributed by atoms with Crippen molar-refractivity contribution < 1.29 is 24.2 Å². The van der Waals surface area contributed by atoms with Gasteiger partial charge in [-0.2, -0.15) is 0 Å². The highest BCUT2D eigenvalue weighted by atomic mass is 79.9. The maximum atomic E-state index is 12.1. The zero-order valence-electron chi connectivity index (χ0n) is 15.3. The van der Waals surface area contributed by atoms with Crippen LogP contribution in [0.3, 0.4) is 0 Å². The Morgan fingerprint density at radius 1 is 1.35 bits per heavy atom. The third-order valence-corrected chi connectivity index (χ3v) is 4.11. The number of ether oxygens (including phenoxy) is 2. The van der Waals surface area contributed by atoms with Gasteiger partial charge in [0.15, 0.2) is 6.10 Å². The second-order valence-electron chi connectivity index (χ2n) is 6.79. The molecule has 0 aliphatic carbocycles. The van der Waals surface area contributed by atoms with E-state index in [0.29, 0.717) is 11.4 Å². The Hall–Kier alpha value is -1.31. The van der Waals surface area contributed by atoms with Crippen molar-refractivity contribution in [2.75, 3.05) is 6.61 Å². The highest BCUT2D eigenvalue weighted by Gasteiger charge is 2.26. The number of carbonyl (C=O) groups is 2. The minimum Gasteiger partial charge on any atom is -0.464 e. The first-order chi connectivity index (χ1) is 12.0. The number of nitrogens with one attached hydrogen (secondary N) is 1. The van der Waals surface area contributed by atoms with Crippen LogP contribution < -0.4 is 5.32 Å². The maximum Gasteiger partial charge on any atom is 0.407 e. The Labute approximate surface area is 167 Å². The third kappa shape index (κ3) is 8.38. The fraction of sp³-hybridized carbons (Fsp3) is 0.556. The van der Waals surface area contributed by atoms with Crippen molar-refractivity contribution in [1.82, 2.24) is 5.32 Å². The topological polar surface area (TPSA) is 84.9 Å². The van der Waals surface area contributed by atoms with Crippen molar-refractivity contribution in [3.8, 4) is 0 Å². The van der Waals surface area contributed by atoms with E-state index in [0.717, 1.165) is 10.0 Å². The smallest absolute Gasteiger partial charge is 0.407 e. The number of aliphatic hydroxyl groups excluding tert-OH is 1. The van der Waals surface area contributed by atoms with Crippen LogP contribution in [0.2, 0.25) is 5.02 Å². The van der Waals surface area contributed by atoms with Gasteiger partial charge in [-0.15, -0.1) is 0 Å². The van der Waals surface area contributed by atoms with Crippen molar-refractivity contribution in [3.05, 3.63) is 33.3 Å². The van der Waals surface area contributed by atoms with Gasteiger partial charge in [0.05, 0.1) is 6.61 Å². The van der Waals surface area contributed by atoms with E-state index in [1.807, 2.05) is 12.1 Å². The molecule has 2 N–H and O–H groups in total. The average molecular weight is 451 g/mol. The van der Waals surface area contributed by atoms with Crippen LogP contribution in [0.4, 0.5) is 4.79 Å². The summed E-state index contributed by atoms with van der Waals surface area (Å²) in [7, 11) is 0. The highest BCUT2D eigenvalue weighted by Crippen LogP contribution is 2.23. The molecular weight excluding hydrogens is 426 g/mol. The van der Waals surface area contributed by atoms with E-state index >= 15 is 0 Å². The summed E-state index contributed by atoms with van der Waals surface area (Å²) in [5, 5.41) is 13.3. The van der Waals surface area contributed by atoms with Crippen LogP contribution in [0, 0.1) is 0 Å². The molecule has 0 spiro atoms. The van der Waals surface area contributed by atoms with Gasteiger partial charge >= 0.3 is 12.1 Å². The van der Waals surface area contributed by atoms with E-state index in [1.54, 1.807) is 33.8 Å². The number of amides is 1. The van der Waals surface area contributed by atoms with Gasteiger partial charge in [0.1, 0.15) is 5.60 Å². The fourth-order valence-electron chi connectivity index (χ4n) is 2.22. The molecule has 2 atom stereocenters. The van der Waals surface area contributed by atoms with Crippen molar-refractivity contribution >= 4 is 39.6 Å². The monoisotopic (exact) mass is 449 g/mol. The normalized spacial score (nSPS) is 13.7. The van der Waals surface area contributed by atoms with Crippen LogP contribution in [-0.4, -0.2) is 41.5 Å². The predicted octanol–water partition coefficient (Wildman–Crippen LogP) is 3.85. The minimum absolute atomic E-state index is 0.0233. The largest absolute Gasteiger partial charge is 0.464 e. The van der Waals surface area contributed by atoms with Crippen molar-refractivity contribution in [3.63, 3.8) is 0 Å². The van der Waals surface area contributed by atoms with E-state index in [1.165, 1.54) is 0 Å². The molecule has 1 amide bonds. The van der Waals surface area contributed by atoms with Crippen LogP contribution in [0.5, 0.6) is 0 Å². The Morgan fingerprint density at radius 2 is 2.00 bits per heavy atom. The van der Waals surface area contributed by atoms with Crippen LogP contribution in [0.1, 0.15) is 39.7 Å².